The average Bonchev–Trinajstić information content (AvgIpc) is 2.85. The van der Waals surface area contributed by atoms with Crippen LogP contribution in [-0.4, -0.2) is 42.3 Å². The summed E-state index contributed by atoms with van der Waals surface area (Å²) in [7, 11) is 2.04. The Morgan fingerprint density at radius 1 is 1.14 bits per heavy atom. The second-order valence-electron chi connectivity index (χ2n) is 5.09. The lowest BCUT2D eigenvalue weighted by Crippen LogP contribution is -2.36. The monoisotopic (exact) mass is 278 g/mol. The highest BCUT2D eigenvalue weighted by atomic mass is 16.5. The summed E-state index contributed by atoms with van der Waals surface area (Å²) in [5.41, 5.74) is 2.19. The number of fused-ring (bicyclic) bond motifs is 1. The minimum atomic E-state index is 0.771. The largest absolute Gasteiger partial charge is 0.379 e. The maximum Gasteiger partial charge on any atom is 0.0938 e. The third-order valence-corrected chi connectivity index (χ3v) is 3.70. The molecule has 1 saturated heterocycles. The first-order valence-corrected chi connectivity index (χ1v) is 7.18. The van der Waals surface area contributed by atoms with Gasteiger partial charge in [0.25, 0.3) is 0 Å². The lowest BCUT2D eigenvalue weighted by molar-refractivity contribution is 0.0443. The van der Waals surface area contributed by atoms with Crippen LogP contribution < -0.4 is 0 Å². The summed E-state index contributed by atoms with van der Waals surface area (Å²) in [5, 5.41) is 1.21. The predicted molar refractivity (Wildman–Crippen MR) is 84.8 cm³/mol. The average molecular weight is 278 g/mol. The highest BCUT2D eigenvalue weighted by molar-refractivity contribution is 5.82. The standard InChI is InChI=1S/C18H18N2O/c1-19-17(15-16-7-4-5-9-18(16)19)8-3-2-6-10-20-11-13-21-14-12-20/h4-5,7,9,15H,10-14H2,1H3. The minimum Gasteiger partial charge on any atom is -0.379 e. The molecule has 21 heavy (non-hydrogen) atoms. The number of para-hydroxylation sites is 1. The topological polar surface area (TPSA) is 17.4 Å². The van der Waals surface area contributed by atoms with Gasteiger partial charge in [-0.15, -0.1) is 0 Å². The molecule has 1 aliphatic heterocycles. The van der Waals surface area contributed by atoms with Gasteiger partial charge >= 0.3 is 0 Å². The molecule has 1 aromatic carbocycles. The van der Waals surface area contributed by atoms with E-state index in [1.165, 1.54) is 10.9 Å². The number of hydrogen-bond acceptors (Lipinski definition) is 2. The zero-order chi connectivity index (χ0) is 14.5. The van der Waals surface area contributed by atoms with E-state index >= 15 is 0 Å². The predicted octanol–water partition coefficient (Wildman–Crippen LogP) is 1.87. The maximum atomic E-state index is 5.31. The molecule has 0 N–H and O–H groups in total. The van der Waals surface area contributed by atoms with Crippen molar-refractivity contribution in [1.82, 2.24) is 9.47 Å². The lowest BCUT2D eigenvalue weighted by Gasteiger charge is -2.24. The van der Waals surface area contributed by atoms with E-state index in [1.54, 1.807) is 0 Å². The van der Waals surface area contributed by atoms with Crippen LogP contribution in [0.3, 0.4) is 0 Å². The quantitative estimate of drug-likeness (QED) is 0.741. The van der Waals surface area contributed by atoms with Gasteiger partial charge in [0.05, 0.1) is 25.5 Å². The number of morpholine rings is 1. The van der Waals surface area contributed by atoms with Crippen molar-refractivity contribution in [1.29, 1.82) is 0 Å². The highest BCUT2D eigenvalue weighted by Gasteiger charge is 2.07. The van der Waals surface area contributed by atoms with Crippen molar-refractivity contribution in [2.45, 2.75) is 0 Å². The molecule has 1 fully saturated rings. The molecule has 0 amide bonds. The van der Waals surface area contributed by atoms with Crippen molar-refractivity contribution < 1.29 is 4.74 Å². The molecule has 1 aliphatic rings. The molecule has 2 aromatic rings. The van der Waals surface area contributed by atoms with Gasteiger partial charge in [-0.3, -0.25) is 4.90 Å². The SMILES string of the molecule is Cn1c(C#CC#CCN2CCOCC2)cc2ccccc21. The van der Waals surface area contributed by atoms with Crippen LogP contribution in [0.25, 0.3) is 10.9 Å². The highest BCUT2D eigenvalue weighted by Crippen LogP contribution is 2.17. The Morgan fingerprint density at radius 3 is 2.76 bits per heavy atom. The van der Waals surface area contributed by atoms with E-state index in [4.69, 9.17) is 4.74 Å². The first kappa shape index (κ1) is 13.8. The Morgan fingerprint density at radius 2 is 1.95 bits per heavy atom. The minimum absolute atomic E-state index is 0.771. The van der Waals surface area contributed by atoms with Crippen molar-refractivity contribution in [3.8, 4) is 23.7 Å². The van der Waals surface area contributed by atoms with Crippen molar-refractivity contribution in [3.05, 3.63) is 36.0 Å². The molecule has 0 aliphatic carbocycles. The van der Waals surface area contributed by atoms with Crippen molar-refractivity contribution in [2.24, 2.45) is 7.05 Å². The molecular weight excluding hydrogens is 260 g/mol. The van der Waals surface area contributed by atoms with Gasteiger partial charge in [0.1, 0.15) is 0 Å². The number of hydrogen-bond donors (Lipinski definition) is 0. The van der Waals surface area contributed by atoms with Gasteiger partial charge < -0.3 is 9.30 Å². The molecule has 0 saturated carbocycles. The number of benzene rings is 1. The van der Waals surface area contributed by atoms with Crippen LogP contribution in [0.1, 0.15) is 5.69 Å². The van der Waals surface area contributed by atoms with Crippen LogP contribution in [0.5, 0.6) is 0 Å². The van der Waals surface area contributed by atoms with E-state index in [0.717, 1.165) is 38.5 Å². The molecule has 1 aromatic heterocycles. The fraction of sp³-hybridized carbons (Fsp3) is 0.333. The molecule has 2 heterocycles. The van der Waals surface area contributed by atoms with Crippen LogP contribution >= 0.6 is 0 Å². The molecule has 3 rings (SSSR count). The third-order valence-electron chi connectivity index (χ3n) is 3.70. The number of aryl methyl sites for hydroxylation is 1. The van der Waals surface area contributed by atoms with E-state index in [-0.39, 0.29) is 0 Å². The Hall–Kier alpha value is -2.20. The van der Waals surface area contributed by atoms with Crippen LogP contribution in [0.4, 0.5) is 0 Å². The van der Waals surface area contributed by atoms with Crippen LogP contribution in [0, 0.1) is 23.7 Å². The smallest absolute Gasteiger partial charge is 0.0938 e. The molecule has 0 atom stereocenters. The van der Waals surface area contributed by atoms with Crippen LogP contribution in [-0.2, 0) is 11.8 Å². The van der Waals surface area contributed by atoms with Crippen molar-refractivity contribution in [2.75, 3.05) is 32.8 Å². The number of ether oxygens (including phenoxy) is 1. The molecular formula is C18H18N2O. The van der Waals surface area contributed by atoms with Gasteiger partial charge in [0.15, 0.2) is 0 Å². The van der Waals surface area contributed by atoms with Gasteiger partial charge in [-0.1, -0.05) is 24.1 Å². The summed E-state index contributed by atoms with van der Waals surface area (Å²) in [6.45, 7) is 4.32. The first-order chi connectivity index (χ1) is 10.3. The van der Waals surface area contributed by atoms with E-state index in [1.807, 2.05) is 19.2 Å². The number of rotatable bonds is 1. The maximum absolute atomic E-state index is 5.31. The number of aromatic nitrogens is 1. The summed E-state index contributed by atoms with van der Waals surface area (Å²) in [6.07, 6.45) is 0. The fourth-order valence-electron chi connectivity index (χ4n) is 2.46. The van der Waals surface area contributed by atoms with E-state index in [9.17, 15) is 0 Å². The zero-order valence-corrected chi connectivity index (χ0v) is 12.2. The van der Waals surface area contributed by atoms with Crippen LogP contribution in [0.2, 0.25) is 0 Å². The zero-order valence-electron chi connectivity index (χ0n) is 12.2. The Balaban J connectivity index is 1.67. The number of nitrogens with zero attached hydrogens (tertiary/aromatic N) is 2. The van der Waals surface area contributed by atoms with Crippen LogP contribution in [0.15, 0.2) is 30.3 Å². The van der Waals surface area contributed by atoms with Crippen molar-refractivity contribution in [3.63, 3.8) is 0 Å². The summed E-state index contributed by atoms with van der Waals surface area (Å²) in [6, 6.07) is 10.4. The van der Waals surface area contributed by atoms with Crippen molar-refractivity contribution >= 4 is 10.9 Å². The van der Waals surface area contributed by atoms with E-state index in [2.05, 4.69) is 51.3 Å². The summed E-state index contributed by atoms with van der Waals surface area (Å²) >= 11 is 0. The van der Waals surface area contributed by atoms with E-state index < -0.39 is 0 Å². The molecule has 0 radical (unpaired) electrons. The Bertz CT molecular complexity index is 746. The van der Waals surface area contributed by atoms with Gasteiger partial charge in [-0.2, -0.15) is 0 Å². The Labute approximate surface area is 125 Å². The third kappa shape index (κ3) is 3.28. The molecule has 0 spiro atoms. The molecule has 3 heteroatoms. The van der Waals surface area contributed by atoms with Gasteiger partial charge in [0, 0.05) is 31.0 Å². The van der Waals surface area contributed by atoms with E-state index in [0.29, 0.717) is 0 Å². The van der Waals surface area contributed by atoms with Gasteiger partial charge in [-0.05, 0) is 29.9 Å². The molecule has 106 valence electrons. The van der Waals surface area contributed by atoms with Gasteiger partial charge in [-0.25, -0.2) is 0 Å². The molecule has 0 bridgehead atoms. The Kier molecular flexibility index (Phi) is 4.26. The summed E-state index contributed by atoms with van der Waals surface area (Å²) in [4.78, 5) is 2.29. The normalized spacial score (nSPS) is 15.1. The van der Waals surface area contributed by atoms with Gasteiger partial charge in [0.2, 0.25) is 0 Å². The lowest BCUT2D eigenvalue weighted by atomic mass is 10.2. The summed E-state index contributed by atoms with van der Waals surface area (Å²) < 4.78 is 7.41. The fourth-order valence-corrected chi connectivity index (χ4v) is 2.46. The summed E-state index contributed by atoms with van der Waals surface area (Å²) in [5.74, 6) is 12.2. The first-order valence-electron chi connectivity index (χ1n) is 7.18. The second-order valence-corrected chi connectivity index (χ2v) is 5.09. The second kappa shape index (κ2) is 6.50. The molecule has 0 unspecified atom stereocenters. The molecule has 3 nitrogen and oxygen atoms in total.